The second-order valence-corrected chi connectivity index (χ2v) is 33.5. The molecular formula is C126H78N16. The van der Waals surface area contributed by atoms with E-state index in [0.717, 1.165) is 68.0 Å². The SMILES string of the molecule is [C-]#[N+]c1nc2c3nc(C#N)c(C#N)nc3c3nc(C#N)c(C#N)nc3c2nc1[N+]#[C-].c1ccc(-c2ccc(N(c3ccc(-c4ccc(-n5c6ccccc6c6ccccc65)cc4)cc3)c3cccc(-c4ccccc4)c3)cc2)cc1.c1ccc(-c2ccc(N(c3ccc(-c4ccccc4)cc3)c3ccc(-c4ccc(N(c5ccc(-c6ccccc6)cc5)c5ccc(-c6ccccc6)cc5)cc4)cc3)cc2)cc1. The van der Waals surface area contributed by atoms with Crippen molar-refractivity contribution in [2.24, 2.45) is 0 Å². The van der Waals surface area contributed by atoms with E-state index < -0.39 is 0 Å². The van der Waals surface area contributed by atoms with E-state index in [1.807, 2.05) is 0 Å². The fourth-order valence-corrected chi connectivity index (χ4v) is 18.1. The minimum atomic E-state index is -0.301. The van der Waals surface area contributed by atoms with E-state index in [1.165, 1.54) is 99.7 Å². The van der Waals surface area contributed by atoms with Crippen LogP contribution in [0.25, 0.3) is 159 Å². The molecule has 0 saturated carbocycles. The Kier molecular flexibility index (Phi) is 24.7. The normalized spacial score (nSPS) is 10.8. The number of anilines is 9. The van der Waals surface area contributed by atoms with Crippen molar-refractivity contribution in [3.8, 4) is 119 Å². The average molecular weight is 1820 g/mol. The van der Waals surface area contributed by atoms with E-state index in [4.69, 9.17) is 13.1 Å². The summed E-state index contributed by atoms with van der Waals surface area (Å²) in [6.07, 6.45) is 0. The topological polar surface area (TPSA) is 196 Å². The number of para-hydroxylation sites is 2. The van der Waals surface area contributed by atoms with Crippen LogP contribution in [0.5, 0.6) is 0 Å². The van der Waals surface area contributed by atoms with E-state index >= 15 is 0 Å². The van der Waals surface area contributed by atoms with Gasteiger partial charge in [0.05, 0.1) is 11.0 Å². The highest BCUT2D eigenvalue weighted by atomic mass is 15.2. The predicted octanol–water partition coefficient (Wildman–Crippen LogP) is 32.3. The van der Waals surface area contributed by atoms with E-state index in [1.54, 1.807) is 24.3 Å². The third-order valence-electron chi connectivity index (χ3n) is 25.1. The summed E-state index contributed by atoms with van der Waals surface area (Å²) in [7, 11) is 0. The maximum atomic E-state index is 9.29. The third kappa shape index (κ3) is 17.9. The first-order valence-corrected chi connectivity index (χ1v) is 46.0. The Hall–Kier alpha value is -20.7. The quantitative estimate of drug-likeness (QED) is 0.0582. The number of benzene rings is 19. The van der Waals surface area contributed by atoms with Crippen LogP contribution in [0.2, 0.25) is 0 Å². The van der Waals surface area contributed by atoms with Gasteiger partial charge in [-0.3, -0.25) is 0 Å². The number of rotatable bonds is 18. The maximum absolute atomic E-state index is 9.29. The summed E-state index contributed by atoms with van der Waals surface area (Å²) < 4.78 is 2.36. The first-order valence-electron chi connectivity index (χ1n) is 46.0. The van der Waals surface area contributed by atoms with E-state index in [9.17, 15) is 21.0 Å². The zero-order valence-corrected chi connectivity index (χ0v) is 76.2. The third-order valence-corrected chi connectivity index (χ3v) is 25.1. The van der Waals surface area contributed by atoms with Gasteiger partial charge in [0.25, 0.3) is 11.6 Å². The zero-order valence-electron chi connectivity index (χ0n) is 76.2. The maximum Gasteiger partial charge on any atom is 0.294 e. The van der Waals surface area contributed by atoms with Crippen molar-refractivity contribution in [1.82, 2.24) is 34.5 Å². The predicted molar refractivity (Wildman–Crippen MR) is 572 cm³/mol. The fraction of sp³-hybridized carbons (Fsp3) is 0. The number of hydrogen-bond acceptors (Lipinski definition) is 13. The van der Waals surface area contributed by atoms with Gasteiger partial charge in [0, 0.05) is 67.6 Å². The first kappa shape index (κ1) is 88.0. The molecule has 0 fully saturated rings. The summed E-state index contributed by atoms with van der Waals surface area (Å²) in [6, 6.07) is 177. The van der Waals surface area contributed by atoms with Crippen LogP contribution in [0, 0.1) is 58.5 Å². The summed E-state index contributed by atoms with van der Waals surface area (Å²) in [6.45, 7) is 14.5. The Morgan fingerprint density at radius 3 is 0.613 bits per heavy atom. The molecule has 0 radical (unpaired) electrons. The molecule has 4 aromatic heterocycles. The van der Waals surface area contributed by atoms with Crippen molar-refractivity contribution < 1.29 is 0 Å². The molecule has 23 aromatic rings. The molecular weight excluding hydrogens is 1740 g/mol. The Labute approximate surface area is 820 Å². The van der Waals surface area contributed by atoms with Gasteiger partial charge in [0.2, 0.25) is 11.0 Å². The van der Waals surface area contributed by atoms with Crippen LogP contribution in [0.15, 0.2) is 473 Å². The van der Waals surface area contributed by atoms with Gasteiger partial charge in [-0.1, -0.05) is 353 Å². The zero-order chi connectivity index (χ0) is 96.2. The fourth-order valence-electron chi connectivity index (χ4n) is 18.1. The van der Waals surface area contributed by atoms with Gasteiger partial charge in [-0.25, -0.2) is 19.9 Å². The van der Waals surface area contributed by atoms with Crippen molar-refractivity contribution in [2.45, 2.75) is 0 Å². The summed E-state index contributed by atoms with van der Waals surface area (Å²) >= 11 is 0. The molecule has 142 heavy (non-hydrogen) atoms. The van der Waals surface area contributed by atoms with Crippen LogP contribution < -0.4 is 14.7 Å². The minimum absolute atomic E-state index is 0.00714. The second kappa shape index (κ2) is 39.9. The lowest BCUT2D eigenvalue weighted by atomic mass is 10.0. The number of nitriles is 4. The summed E-state index contributed by atoms with van der Waals surface area (Å²) in [5.74, 6) is -0.602. The lowest BCUT2D eigenvalue weighted by molar-refractivity contribution is 1.17. The van der Waals surface area contributed by atoms with Gasteiger partial charge in [0.1, 0.15) is 46.3 Å². The van der Waals surface area contributed by atoms with Crippen molar-refractivity contribution in [3.63, 3.8) is 0 Å². The van der Waals surface area contributed by atoms with Crippen molar-refractivity contribution in [1.29, 1.82) is 21.0 Å². The molecule has 662 valence electrons. The monoisotopic (exact) mass is 1810 g/mol. The van der Waals surface area contributed by atoms with Crippen molar-refractivity contribution in [2.75, 3.05) is 14.7 Å². The van der Waals surface area contributed by atoms with Crippen LogP contribution in [0.3, 0.4) is 0 Å². The molecule has 0 amide bonds. The van der Waals surface area contributed by atoms with Gasteiger partial charge < -0.3 is 29.0 Å². The molecule has 23 rings (SSSR count). The number of nitrogens with zero attached hydrogens (tertiary/aromatic N) is 16. The summed E-state index contributed by atoms with van der Waals surface area (Å²) in [4.78, 5) is 38.1. The van der Waals surface area contributed by atoms with Crippen LogP contribution in [-0.2, 0) is 0 Å². The van der Waals surface area contributed by atoms with E-state index in [-0.39, 0.29) is 67.5 Å². The lowest BCUT2D eigenvalue weighted by Crippen LogP contribution is -2.10. The standard InChI is InChI=1S/C60H44N2.C48H34N2.C18N12/c1-5-13-45(14-6-1)49-21-33-55(34-22-49)61(56-35-23-50(24-36-56)46-15-7-2-8-16-46)59-41-29-53(30-42-59)54-31-43-60(44-32-54)62(57-37-25-51(26-38-57)47-17-9-3-10-18-47)58-39-27-52(28-40-58)48-19-11-4-12-20-48;1-3-12-35(13-4-1)37-22-28-41(29-23-37)49(44-17-11-16-40(34-44)36-14-5-2-6-15-36)42-30-24-38(25-31-42)39-26-32-43(33-27-39)50-47-20-9-7-18-45(47)46-19-8-10-21-48(46)50;1-23-17-18(24-2)30-16-14-12(26-8(4-20)10(6-22)28-14)11-13(15(16)29-17)27-9(5-21)7(3-19)25-11/h1-44H;1-34H;. The Bertz CT molecular complexity index is 8080. The molecule has 0 bridgehead atoms. The average Bonchev–Trinajstić information content (AvgIpc) is 0.897. The molecule has 0 unspecified atom stereocenters. The molecule has 19 aromatic carbocycles. The van der Waals surface area contributed by atoms with E-state index in [0.29, 0.717) is 0 Å². The van der Waals surface area contributed by atoms with Gasteiger partial charge in [-0.2, -0.15) is 21.0 Å². The highest BCUT2D eigenvalue weighted by molar-refractivity contribution is 6.19. The Balaban J connectivity index is 0.000000133. The van der Waals surface area contributed by atoms with E-state index in [2.05, 4.69) is 532 Å². The van der Waals surface area contributed by atoms with Crippen molar-refractivity contribution >= 4 is 118 Å². The van der Waals surface area contributed by atoms with Gasteiger partial charge in [-0.15, -0.1) is 9.97 Å². The van der Waals surface area contributed by atoms with Crippen LogP contribution >= 0.6 is 0 Å². The van der Waals surface area contributed by atoms with Gasteiger partial charge in [-0.05, 0) is 222 Å². The molecule has 16 nitrogen and oxygen atoms in total. The molecule has 0 aliphatic heterocycles. The molecule has 0 aliphatic rings. The van der Waals surface area contributed by atoms with Crippen LogP contribution in [0.1, 0.15) is 22.8 Å². The summed E-state index contributed by atoms with van der Waals surface area (Å²) in [5.41, 5.74) is 31.4. The number of hydrogen-bond donors (Lipinski definition) is 0. The minimum Gasteiger partial charge on any atom is -0.370 e. The second-order valence-electron chi connectivity index (χ2n) is 33.5. The highest BCUT2D eigenvalue weighted by Gasteiger charge is 2.28. The Morgan fingerprint density at radius 2 is 0.380 bits per heavy atom. The molecule has 0 aliphatic carbocycles. The molecule has 0 saturated heterocycles. The number of fused-ring (bicyclic) bond motifs is 9. The van der Waals surface area contributed by atoms with Crippen LogP contribution in [0.4, 0.5) is 62.8 Å². The van der Waals surface area contributed by atoms with Crippen molar-refractivity contribution in [3.05, 3.63) is 519 Å². The molecule has 4 heterocycles. The number of aromatic nitrogens is 7. The van der Waals surface area contributed by atoms with Gasteiger partial charge >= 0.3 is 0 Å². The highest BCUT2D eigenvalue weighted by Crippen LogP contribution is 2.45. The van der Waals surface area contributed by atoms with Gasteiger partial charge in [0.15, 0.2) is 22.8 Å². The first-order chi connectivity index (χ1) is 70.1. The molecule has 0 N–H and O–H groups in total. The largest absolute Gasteiger partial charge is 0.370 e. The molecule has 16 heteroatoms. The molecule has 0 spiro atoms. The van der Waals surface area contributed by atoms with Crippen LogP contribution in [-0.4, -0.2) is 34.5 Å². The Morgan fingerprint density at radius 1 is 0.190 bits per heavy atom. The smallest absolute Gasteiger partial charge is 0.294 e. The lowest BCUT2D eigenvalue weighted by Gasteiger charge is -2.27. The molecule has 0 atom stereocenters. The summed E-state index contributed by atoms with van der Waals surface area (Å²) in [5, 5.41) is 39.7.